The van der Waals surface area contributed by atoms with Crippen molar-refractivity contribution in [2.24, 2.45) is 0 Å². The van der Waals surface area contributed by atoms with Crippen LogP contribution < -0.4 is 14.8 Å². The molecule has 0 spiro atoms. The molecule has 0 saturated heterocycles. The van der Waals surface area contributed by atoms with E-state index < -0.39 is 18.0 Å². The van der Waals surface area contributed by atoms with Crippen LogP contribution in [0.15, 0.2) is 30.3 Å². The summed E-state index contributed by atoms with van der Waals surface area (Å²) in [6.07, 6.45) is -0.727. The quantitative estimate of drug-likeness (QED) is 0.544. The third kappa shape index (κ3) is 4.83. The van der Waals surface area contributed by atoms with Crippen LogP contribution in [0, 0.1) is 11.3 Å². The average Bonchev–Trinajstić information content (AvgIpc) is 2.72. The topological polar surface area (TPSA) is 115 Å². The second kappa shape index (κ2) is 9.57. The van der Waals surface area contributed by atoms with Gasteiger partial charge in [-0.25, -0.2) is 4.79 Å². The lowest BCUT2D eigenvalue weighted by Crippen LogP contribution is -2.30. The Hall–Kier alpha value is -3.57. The van der Waals surface area contributed by atoms with Gasteiger partial charge < -0.3 is 19.5 Å². The maximum atomic E-state index is 12.6. The van der Waals surface area contributed by atoms with Gasteiger partial charge in [-0.05, 0) is 37.3 Å². The largest absolute Gasteiger partial charge is 0.493 e. The number of carbonyl (C=O) groups is 3. The molecule has 1 atom stereocenters. The molecule has 0 fully saturated rings. The van der Waals surface area contributed by atoms with Crippen LogP contribution in [0.25, 0.3) is 0 Å². The van der Waals surface area contributed by atoms with Crippen LogP contribution in [0.2, 0.25) is 5.02 Å². The Kier molecular flexibility index (Phi) is 7.17. The number of carbonyl (C=O) groups excluding carboxylic acids is 3. The lowest BCUT2D eigenvalue weighted by atomic mass is 10.1. The number of nitriles is 1. The van der Waals surface area contributed by atoms with Crippen LogP contribution in [0.1, 0.15) is 33.2 Å². The third-order valence-electron chi connectivity index (χ3n) is 3.92. The molecule has 1 amide bonds. The molecule has 9 heteroatoms. The van der Waals surface area contributed by atoms with Crippen LogP contribution in [0.5, 0.6) is 11.5 Å². The Morgan fingerprint density at radius 2 is 1.93 bits per heavy atom. The van der Waals surface area contributed by atoms with E-state index in [9.17, 15) is 14.4 Å². The minimum atomic E-state index is -1.20. The lowest BCUT2D eigenvalue weighted by Gasteiger charge is -2.17. The summed E-state index contributed by atoms with van der Waals surface area (Å²) in [5.41, 5.74) is 0.465. The van der Waals surface area contributed by atoms with E-state index in [0.717, 1.165) is 0 Å². The molecule has 0 aliphatic heterocycles. The average molecular weight is 417 g/mol. The Labute approximate surface area is 171 Å². The summed E-state index contributed by atoms with van der Waals surface area (Å²) in [7, 11) is 2.69. The lowest BCUT2D eigenvalue weighted by molar-refractivity contribution is -0.123. The first-order valence-corrected chi connectivity index (χ1v) is 8.65. The van der Waals surface area contributed by atoms with Gasteiger partial charge in [0.15, 0.2) is 23.9 Å². The number of esters is 1. The Morgan fingerprint density at radius 1 is 1.21 bits per heavy atom. The SMILES string of the molecule is COc1ccc(C=O)c(C(=O)O[C@@H](C)C(=O)Nc2ccc(C#N)c(Cl)c2)c1OC. The number of benzene rings is 2. The molecule has 0 saturated carbocycles. The maximum absolute atomic E-state index is 12.6. The van der Waals surface area contributed by atoms with Gasteiger partial charge in [-0.15, -0.1) is 0 Å². The van der Waals surface area contributed by atoms with E-state index in [1.54, 1.807) is 0 Å². The van der Waals surface area contributed by atoms with Crippen molar-refractivity contribution >= 4 is 35.5 Å². The summed E-state index contributed by atoms with van der Waals surface area (Å²) in [6, 6.07) is 9.12. The number of nitrogens with one attached hydrogen (secondary N) is 1. The van der Waals surface area contributed by atoms with Gasteiger partial charge in [0.25, 0.3) is 5.91 Å². The van der Waals surface area contributed by atoms with Gasteiger partial charge in [0.1, 0.15) is 11.6 Å². The minimum Gasteiger partial charge on any atom is -0.493 e. The van der Waals surface area contributed by atoms with E-state index in [1.165, 1.54) is 51.5 Å². The van der Waals surface area contributed by atoms with Gasteiger partial charge in [0.2, 0.25) is 0 Å². The first kappa shape index (κ1) is 21.7. The fourth-order valence-corrected chi connectivity index (χ4v) is 2.67. The number of methoxy groups -OCH3 is 2. The summed E-state index contributed by atoms with van der Waals surface area (Å²) in [5, 5.41) is 11.6. The second-order valence-electron chi connectivity index (χ2n) is 5.73. The molecule has 0 radical (unpaired) electrons. The maximum Gasteiger partial charge on any atom is 0.343 e. The van der Waals surface area contributed by atoms with Crippen molar-refractivity contribution in [3.05, 3.63) is 52.0 Å². The predicted molar refractivity (Wildman–Crippen MR) is 105 cm³/mol. The van der Waals surface area contributed by atoms with Gasteiger partial charge >= 0.3 is 5.97 Å². The minimum absolute atomic E-state index is 0.0218. The highest BCUT2D eigenvalue weighted by Gasteiger charge is 2.26. The standard InChI is InChI=1S/C20H17ClN2O6/c1-11(19(25)23-14-6-4-12(9-22)15(21)8-14)29-20(26)17-13(10-24)5-7-16(27-2)18(17)28-3/h4-8,10-11H,1-3H3,(H,23,25)/t11-/m0/s1. The molecule has 8 nitrogen and oxygen atoms in total. The molecular weight excluding hydrogens is 400 g/mol. The smallest absolute Gasteiger partial charge is 0.343 e. The highest BCUT2D eigenvalue weighted by atomic mass is 35.5. The van der Waals surface area contributed by atoms with Gasteiger partial charge in [0.05, 0.1) is 24.8 Å². The molecule has 1 N–H and O–H groups in total. The first-order chi connectivity index (χ1) is 13.9. The van der Waals surface area contributed by atoms with Crippen LogP contribution in [-0.4, -0.2) is 38.5 Å². The fourth-order valence-electron chi connectivity index (χ4n) is 2.45. The number of amides is 1. The molecule has 150 valence electrons. The van der Waals surface area contributed by atoms with Gasteiger partial charge in [-0.2, -0.15) is 5.26 Å². The zero-order valence-corrected chi connectivity index (χ0v) is 16.6. The number of ether oxygens (including phenoxy) is 3. The number of aldehydes is 1. The molecule has 2 rings (SSSR count). The first-order valence-electron chi connectivity index (χ1n) is 8.27. The third-order valence-corrected chi connectivity index (χ3v) is 4.23. The highest BCUT2D eigenvalue weighted by Crippen LogP contribution is 2.33. The number of hydrogen-bond acceptors (Lipinski definition) is 7. The van der Waals surface area contributed by atoms with E-state index in [2.05, 4.69) is 5.32 Å². The normalized spacial score (nSPS) is 11.0. The number of rotatable bonds is 7. The van der Waals surface area contributed by atoms with Gasteiger partial charge in [0, 0.05) is 11.3 Å². The molecule has 2 aromatic carbocycles. The molecule has 0 heterocycles. The van der Waals surface area contributed by atoms with Crippen LogP contribution >= 0.6 is 11.6 Å². The second-order valence-corrected chi connectivity index (χ2v) is 6.13. The van der Waals surface area contributed by atoms with Crippen LogP contribution in [0.3, 0.4) is 0 Å². The van der Waals surface area contributed by atoms with Crippen molar-refractivity contribution in [1.82, 2.24) is 0 Å². The highest BCUT2D eigenvalue weighted by molar-refractivity contribution is 6.32. The predicted octanol–water partition coefficient (Wildman–Crippen LogP) is 3.23. The number of nitrogens with zero attached hydrogens (tertiary/aromatic N) is 1. The monoisotopic (exact) mass is 416 g/mol. The number of halogens is 1. The molecule has 29 heavy (non-hydrogen) atoms. The van der Waals surface area contributed by atoms with Crippen molar-refractivity contribution in [2.75, 3.05) is 19.5 Å². The molecule has 0 aliphatic carbocycles. The van der Waals surface area contributed by atoms with E-state index in [4.69, 9.17) is 31.1 Å². The molecule has 0 bridgehead atoms. The van der Waals surface area contributed by atoms with Crippen molar-refractivity contribution in [2.45, 2.75) is 13.0 Å². The summed E-state index contributed by atoms with van der Waals surface area (Å²) in [6.45, 7) is 1.37. The number of hydrogen-bond donors (Lipinski definition) is 1. The van der Waals surface area contributed by atoms with E-state index >= 15 is 0 Å². The molecule has 0 aromatic heterocycles. The van der Waals surface area contributed by atoms with E-state index in [0.29, 0.717) is 12.0 Å². The summed E-state index contributed by atoms with van der Waals surface area (Å²) >= 11 is 5.93. The van der Waals surface area contributed by atoms with Crippen molar-refractivity contribution in [3.8, 4) is 17.6 Å². The molecule has 0 aliphatic rings. The van der Waals surface area contributed by atoms with Crippen molar-refractivity contribution in [3.63, 3.8) is 0 Å². The van der Waals surface area contributed by atoms with Crippen LogP contribution in [-0.2, 0) is 9.53 Å². The van der Waals surface area contributed by atoms with Crippen molar-refractivity contribution in [1.29, 1.82) is 5.26 Å². The summed E-state index contributed by atoms with van der Waals surface area (Å²) in [4.78, 5) is 36.3. The Balaban J connectivity index is 2.20. The zero-order valence-electron chi connectivity index (χ0n) is 15.8. The van der Waals surface area contributed by atoms with E-state index in [1.807, 2.05) is 6.07 Å². The summed E-state index contributed by atoms with van der Waals surface area (Å²) < 4.78 is 15.5. The van der Waals surface area contributed by atoms with Gasteiger partial charge in [-0.3, -0.25) is 9.59 Å². The van der Waals surface area contributed by atoms with Crippen LogP contribution in [0.4, 0.5) is 5.69 Å². The van der Waals surface area contributed by atoms with Crippen molar-refractivity contribution < 1.29 is 28.6 Å². The van der Waals surface area contributed by atoms with Gasteiger partial charge in [-0.1, -0.05) is 11.6 Å². The molecule has 2 aromatic rings. The number of anilines is 1. The zero-order chi connectivity index (χ0) is 21.6. The fraction of sp³-hybridized carbons (Fsp3) is 0.200. The molecular formula is C20H17ClN2O6. The molecule has 0 unspecified atom stereocenters. The van der Waals surface area contributed by atoms with E-state index in [-0.39, 0.29) is 33.2 Å². The summed E-state index contributed by atoms with van der Waals surface area (Å²) in [5.74, 6) is -1.31. The Bertz CT molecular complexity index is 999. The Morgan fingerprint density at radius 3 is 2.48 bits per heavy atom.